The minimum atomic E-state index is -0.943. The smallest absolute Gasteiger partial charge is 0.335 e. The number of pyridine rings is 1. The second-order valence-electron chi connectivity index (χ2n) is 3.70. The van der Waals surface area contributed by atoms with Gasteiger partial charge < -0.3 is 10.4 Å². The Morgan fingerprint density at radius 2 is 2.17 bits per heavy atom. The maximum absolute atomic E-state index is 10.8. The lowest BCUT2D eigenvalue weighted by atomic mass is 10.2. The van der Waals surface area contributed by atoms with Crippen molar-refractivity contribution in [2.75, 3.05) is 5.32 Å². The van der Waals surface area contributed by atoms with Gasteiger partial charge in [-0.05, 0) is 30.3 Å². The number of aromatic nitrogens is 1. The maximum atomic E-state index is 10.8. The van der Waals surface area contributed by atoms with Crippen molar-refractivity contribution >= 4 is 27.6 Å². The molecule has 2 rings (SSSR count). The van der Waals surface area contributed by atoms with Gasteiger partial charge >= 0.3 is 5.97 Å². The van der Waals surface area contributed by atoms with Crippen LogP contribution in [-0.4, -0.2) is 16.1 Å². The molecule has 4 nitrogen and oxygen atoms in total. The number of carbonyl (C=O) groups is 1. The highest BCUT2D eigenvalue weighted by Crippen LogP contribution is 2.16. The molecule has 0 atom stereocenters. The third kappa shape index (κ3) is 3.30. The van der Waals surface area contributed by atoms with E-state index >= 15 is 0 Å². The van der Waals surface area contributed by atoms with Gasteiger partial charge in [0.15, 0.2) is 0 Å². The van der Waals surface area contributed by atoms with Gasteiger partial charge in [0.25, 0.3) is 0 Å². The fraction of sp³-hybridized carbons (Fsp3) is 0.0769. The lowest BCUT2D eigenvalue weighted by Crippen LogP contribution is -2.04. The number of hydrogen-bond acceptors (Lipinski definition) is 3. The summed E-state index contributed by atoms with van der Waals surface area (Å²) in [4.78, 5) is 14.9. The van der Waals surface area contributed by atoms with Crippen molar-refractivity contribution < 1.29 is 9.90 Å². The molecule has 18 heavy (non-hydrogen) atoms. The zero-order valence-electron chi connectivity index (χ0n) is 9.43. The molecule has 0 aliphatic carbocycles. The van der Waals surface area contributed by atoms with Gasteiger partial charge in [0.1, 0.15) is 0 Å². The third-order valence-electron chi connectivity index (χ3n) is 2.36. The van der Waals surface area contributed by atoms with E-state index in [1.54, 1.807) is 6.07 Å². The highest BCUT2D eigenvalue weighted by molar-refractivity contribution is 9.10. The number of rotatable bonds is 4. The summed E-state index contributed by atoms with van der Waals surface area (Å²) in [5, 5.41) is 12.1. The van der Waals surface area contributed by atoms with E-state index in [-0.39, 0.29) is 5.56 Å². The van der Waals surface area contributed by atoms with E-state index in [1.165, 1.54) is 12.3 Å². The molecule has 2 aromatic rings. The van der Waals surface area contributed by atoms with Crippen LogP contribution in [0.4, 0.5) is 5.69 Å². The Balaban J connectivity index is 2.06. The van der Waals surface area contributed by atoms with Crippen molar-refractivity contribution in [3.8, 4) is 0 Å². The summed E-state index contributed by atoms with van der Waals surface area (Å²) in [6.07, 6.45) is 1.50. The van der Waals surface area contributed by atoms with Crippen molar-refractivity contribution in [3.05, 3.63) is 58.3 Å². The molecule has 2 N–H and O–H groups in total. The molecule has 0 fully saturated rings. The van der Waals surface area contributed by atoms with Crippen LogP contribution in [0.5, 0.6) is 0 Å². The Bertz CT molecular complexity index is 572. The van der Waals surface area contributed by atoms with Crippen molar-refractivity contribution in [1.82, 2.24) is 4.98 Å². The Kier molecular flexibility index (Phi) is 3.94. The van der Waals surface area contributed by atoms with Crippen LogP contribution in [0.15, 0.2) is 47.1 Å². The first-order chi connectivity index (χ1) is 8.65. The molecule has 5 heteroatoms. The number of nitrogens with one attached hydrogen (secondary N) is 1. The normalized spacial score (nSPS) is 10.1. The van der Waals surface area contributed by atoms with Gasteiger partial charge in [-0.1, -0.05) is 22.0 Å². The highest BCUT2D eigenvalue weighted by Gasteiger charge is 2.04. The SMILES string of the molecule is O=C(O)c1ccnc(CNc2cccc(Br)c2)c1. The molecule has 0 saturated heterocycles. The largest absolute Gasteiger partial charge is 0.478 e. The number of halogens is 1. The first-order valence-corrected chi connectivity index (χ1v) is 6.12. The number of carboxylic acid groups (broad SMARTS) is 1. The van der Waals surface area contributed by atoms with Gasteiger partial charge in [0.2, 0.25) is 0 Å². The minimum absolute atomic E-state index is 0.246. The lowest BCUT2D eigenvalue weighted by Gasteiger charge is -2.06. The number of hydrogen-bond donors (Lipinski definition) is 2. The molecule has 0 radical (unpaired) electrons. The summed E-state index contributed by atoms with van der Waals surface area (Å²) in [7, 11) is 0. The van der Waals surface area contributed by atoms with Crippen molar-refractivity contribution in [1.29, 1.82) is 0 Å². The van der Waals surface area contributed by atoms with Crippen molar-refractivity contribution in [2.45, 2.75) is 6.54 Å². The predicted octanol–water partition coefficient (Wildman–Crippen LogP) is 3.15. The average Bonchev–Trinajstić information content (AvgIpc) is 2.37. The predicted molar refractivity (Wildman–Crippen MR) is 72.7 cm³/mol. The van der Waals surface area contributed by atoms with E-state index in [1.807, 2.05) is 24.3 Å². The average molecular weight is 307 g/mol. The second-order valence-corrected chi connectivity index (χ2v) is 4.62. The van der Waals surface area contributed by atoms with Crippen LogP contribution in [-0.2, 0) is 6.54 Å². The molecule has 92 valence electrons. The number of anilines is 1. The van der Waals surface area contributed by atoms with Crippen LogP contribution in [0.2, 0.25) is 0 Å². The van der Waals surface area contributed by atoms with Gasteiger partial charge in [-0.15, -0.1) is 0 Å². The maximum Gasteiger partial charge on any atom is 0.335 e. The van der Waals surface area contributed by atoms with Crippen LogP contribution in [0, 0.1) is 0 Å². The molecular weight excluding hydrogens is 296 g/mol. The van der Waals surface area contributed by atoms with Gasteiger partial charge in [-0.25, -0.2) is 4.79 Å². The number of benzene rings is 1. The summed E-state index contributed by atoms with van der Waals surface area (Å²) in [6, 6.07) is 10.8. The van der Waals surface area contributed by atoms with Gasteiger partial charge in [-0.2, -0.15) is 0 Å². The van der Waals surface area contributed by atoms with E-state index in [0.717, 1.165) is 10.2 Å². The number of nitrogens with zero attached hydrogens (tertiary/aromatic N) is 1. The molecule has 0 aliphatic heterocycles. The Morgan fingerprint density at radius 1 is 1.33 bits per heavy atom. The molecule has 1 heterocycles. The van der Waals surface area contributed by atoms with Gasteiger partial charge in [0.05, 0.1) is 17.8 Å². The first kappa shape index (κ1) is 12.6. The van der Waals surface area contributed by atoms with E-state index in [2.05, 4.69) is 26.2 Å². The number of carboxylic acids is 1. The zero-order valence-corrected chi connectivity index (χ0v) is 11.0. The first-order valence-electron chi connectivity index (χ1n) is 5.33. The van der Waals surface area contributed by atoms with E-state index in [4.69, 9.17) is 5.11 Å². The molecule has 0 amide bonds. The second kappa shape index (κ2) is 5.64. The molecule has 0 saturated carbocycles. The van der Waals surface area contributed by atoms with Crippen molar-refractivity contribution in [3.63, 3.8) is 0 Å². The van der Waals surface area contributed by atoms with Gasteiger partial charge in [-0.3, -0.25) is 4.98 Å². The molecule has 0 spiro atoms. The molecule has 1 aromatic heterocycles. The Hall–Kier alpha value is -1.88. The van der Waals surface area contributed by atoms with Gasteiger partial charge in [0, 0.05) is 16.4 Å². The Labute approximate surface area is 113 Å². The van der Waals surface area contributed by atoms with Crippen LogP contribution in [0.25, 0.3) is 0 Å². The minimum Gasteiger partial charge on any atom is -0.478 e. The molecule has 0 aliphatic rings. The Morgan fingerprint density at radius 3 is 2.89 bits per heavy atom. The zero-order chi connectivity index (χ0) is 13.0. The standard InChI is InChI=1S/C13H11BrN2O2/c14-10-2-1-3-11(7-10)16-8-12-6-9(13(17)18)4-5-15-12/h1-7,16H,8H2,(H,17,18). The van der Waals surface area contributed by atoms with Crippen molar-refractivity contribution in [2.24, 2.45) is 0 Å². The van der Waals surface area contributed by atoms with E-state index in [9.17, 15) is 4.79 Å². The third-order valence-corrected chi connectivity index (χ3v) is 2.86. The topological polar surface area (TPSA) is 62.2 Å². The molecular formula is C13H11BrN2O2. The molecule has 0 unspecified atom stereocenters. The van der Waals surface area contributed by atoms with Crippen LogP contribution in [0.1, 0.15) is 16.1 Å². The summed E-state index contributed by atoms with van der Waals surface area (Å²) < 4.78 is 0.986. The fourth-order valence-electron chi connectivity index (χ4n) is 1.50. The lowest BCUT2D eigenvalue weighted by molar-refractivity contribution is 0.0696. The molecule has 1 aromatic carbocycles. The fourth-order valence-corrected chi connectivity index (χ4v) is 1.90. The van der Waals surface area contributed by atoms with Crippen LogP contribution < -0.4 is 5.32 Å². The monoisotopic (exact) mass is 306 g/mol. The van der Waals surface area contributed by atoms with E-state index in [0.29, 0.717) is 12.2 Å². The quantitative estimate of drug-likeness (QED) is 0.911. The summed E-state index contributed by atoms with van der Waals surface area (Å²) in [5.74, 6) is -0.943. The summed E-state index contributed by atoms with van der Waals surface area (Å²) in [6.45, 7) is 0.484. The highest BCUT2D eigenvalue weighted by atomic mass is 79.9. The van der Waals surface area contributed by atoms with E-state index < -0.39 is 5.97 Å². The number of aromatic carboxylic acids is 1. The molecule has 0 bridgehead atoms. The summed E-state index contributed by atoms with van der Waals surface area (Å²) in [5.41, 5.74) is 1.89. The van der Waals surface area contributed by atoms with Crippen LogP contribution >= 0.6 is 15.9 Å². The summed E-state index contributed by atoms with van der Waals surface area (Å²) >= 11 is 3.39. The van der Waals surface area contributed by atoms with Crippen LogP contribution in [0.3, 0.4) is 0 Å².